The lowest BCUT2D eigenvalue weighted by Gasteiger charge is -2.56. The number of benzene rings is 2. The first-order chi connectivity index (χ1) is 24.3. The number of likely N-dealkylation sites (tertiary alicyclic amines) is 2. The van der Waals surface area contributed by atoms with Crippen molar-refractivity contribution in [2.45, 2.75) is 60.3 Å². The summed E-state index contributed by atoms with van der Waals surface area (Å²) in [6.07, 6.45) is 8.60. The molecule has 51 heavy (non-hydrogen) atoms. The Labute approximate surface area is 326 Å². The molecule has 2 aliphatic heterocycles. The molecule has 2 fully saturated rings. The van der Waals surface area contributed by atoms with Crippen LogP contribution in [0.5, 0.6) is 11.5 Å². The van der Waals surface area contributed by atoms with Gasteiger partial charge in [-0.05, 0) is 99.8 Å². The highest BCUT2D eigenvalue weighted by atomic mass is 127. The van der Waals surface area contributed by atoms with Crippen molar-refractivity contribution in [3.63, 3.8) is 0 Å². The predicted molar refractivity (Wildman–Crippen MR) is 212 cm³/mol. The number of piperidine rings is 2. The molecule has 2 aromatic carbocycles. The van der Waals surface area contributed by atoms with E-state index in [1.165, 1.54) is 0 Å². The molecule has 0 aliphatic carbocycles. The molecule has 4 amide bonds. The molecule has 0 atom stereocenters. The number of carbonyl (C=O) groups excluding carboxylic acids is 2. The summed E-state index contributed by atoms with van der Waals surface area (Å²) in [5, 5.41) is 15.3. The maximum atomic E-state index is 13.7. The fraction of sp³-hybridized carbons (Fsp3) is 0.459. The molecule has 0 unspecified atom stereocenters. The Kier molecular flexibility index (Phi) is 11.1. The van der Waals surface area contributed by atoms with Gasteiger partial charge in [0.05, 0.1) is 46.8 Å². The number of halogens is 2. The van der Waals surface area contributed by atoms with Crippen LogP contribution in [0.25, 0.3) is 0 Å². The Bertz CT molecular complexity index is 1780. The van der Waals surface area contributed by atoms with Crippen LogP contribution in [0, 0.1) is 31.8 Å². The van der Waals surface area contributed by atoms with Crippen molar-refractivity contribution in [2.75, 3.05) is 40.4 Å². The lowest BCUT2D eigenvalue weighted by molar-refractivity contribution is -0.0442. The van der Waals surface area contributed by atoms with Crippen LogP contribution in [-0.4, -0.2) is 81.8 Å². The summed E-state index contributed by atoms with van der Waals surface area (Å²) in [6.45, 7) is 12.8. The first-order valence-electron chi connectivity index (χ1n) is 17.0. The monoisotopic (exact) mass is 920 g/mol. The van der Waals surface area contributed by atoms with Gasteiger partial charge >= 0.3 is 12.1 Å². The van der Waals surface area contributed by atoms with Gasteiger partial charge in [0, 0.05) is 73.6 Å². The summed E-state index contributed by atoms with van der Waals surface area (Å²) in [6, 6.07) is 7.79. The molecular formula is C37H46I2N8O4. The van der Waals surface area contributed by atoms with E-state index in [2.05, 4.69) is 93.7 Å². The van der Waals surface area contributed by atoms with Gasteiger partial charge in [-0.25, -0.2) is 9.59 Å². The van der Waals surface area contributed by atoms with Crippen LogP contribution in [-0.2, 0) is 26.2 Å². The molecule has 2 aromatic heterocycles. The number of amides is 4. The SMILES string of the molecule is COc1ccc(CNC(=O)N2CC3(C)CN(C(=O)NCc4ccc(OC)c(Cn5cc(I)cn5)c4C)CC(C)(C2)C3)c(C)c1Cn1cc(I)cn1. The van der Waals surface area contributed by atoms with E-state index in [1.807, 2.05) is 68.2 Å². The third kappa shape index (κ3) is 8.42. The lowest BCUT2D eigenvalue weighted by atomic mass is 9.65. The summed E-state index contributed by atoms with van der Waals surface area (Å²) in [4.78, 5) is 31.2. The van der Waals surface area contributed by atoms with Crippen LogP contribution in [0.4, 0.5) is 9.59 Å². The van der Waals surface area contributed by atoms with Crippen LogP contribution in [0.15, 0.2) is 49.1 Å². The molecule has 14 heteroatoms. The Hall–Kier alpha value is -3.54. The van der Waals surface area contributed by atoms with Gasteiger partial charge in [-0.2, -0.15) is 10.2 Å². The van der Waals surface area contributed by atoms with Gasteiger partial charge in [-0.15, -0.1) is 0 Å². The van der Waals surface area contributed by atoms with Crippen LogP contribution < -0.4 is 20.1 Å². The number of methoxy groups -OCH3 is 2. The van der Waals surface area contributed by atoms with Crippen LogP contribution in [0.2, 0.25) is 0 Å². The zero-order valence-corrected chi connectivity index (χ0v) is 34.4. The second-order valence-corrected chi connectivity index (χ2v) is 17.1. The number of aromatic nitrogens is 4. The third-order valence-electron chi connectivity index (χ3n) is 10.2. The Morgan fingerprint density at radius 3 is 1.45 bits per heavy atom. The largest absolute Gasteiger partial charge is 0.496 e. The third-order valence-corrected chi connectivity index (χ3v) is 11.3. The maximum Gasteiger partial charge on any atom is 0.317 e. The highest BCUT2D eigenvalue weighted by molar-refractivity contribution is 14.1. The Morgan fingerprint density at radius 2 is 1.12 bits per heavy atom. The minimum atomic E-state index is -0.227. The van der Waals surface area contributed by atoms with Crippen LogP contribution >= 0.6 is 45.2 Å². The normalized spacial score (nSPS) is 19.9. The van der Waals surface area contributed by atoms with Gasteiger partial charge in [-0.1, -0.05) is 26.0 Å². The highest BCUT2D eigenvalue weighted by Gasteiger charge is 2.50. The average molecular weight is 921 g/mol. The molecule has 6 rings (SSSR count). The minimum absolute atomic E-state index is 0.0842. The highest BCUT2D eigenvalue weighted by Crippen LogP contribution is 2.45. The molecule has 0 saturated carbocycles. The zero-order chi connectivity index (χ0) is 36.5. The smallest absolute Gasteiger partial charge is 0.317 e. The second-order valence-electron chi connectivity index (χ2n) is 14.6. The molecule has 12 nitrogen and oxygen atoms in total. The first-order valence-corrected chi connectivity index (χ1v) is 19.2. The van der Waals surface area contributed by atoms with E-state index in [1.54, 1.807) is 14.2 Å². The number of carbonyl (C=O) groups is 2. The molecule has 4 aromatic rings. The zero-order valence-electron chi connectivity index (χ0n) is 30.1. The minimum Gasteiger partial charge on any atom is -0.496 e. The number of ether oxygens (including phenoxy) is 2. The first kappa shape index (κ1) is 37.2. The Morgan fingerprint density at radius 1 is 0.725 bits per heavy atom. The molecule has 4 heterocycles. The maximum absolute atomic E-state index is 13.7. The standard InChI is InChI=1S/C37H46I2N8O4/c1-24-26(7-9-32(50-5)30(24)17-46-15-28(38)13-42-46)11-40-34(48)44-20-36(3)19-37(4,21-44)23-45(22-36)35(49)41-12-27-8-10-33(51-6)31(25(27)2)18-47-16-29(39)14-43-47/h7-10,13-16H,11-12,17-23H2,1-6H3,(H,40,48)(H,41,49). The number of hydrogen-bond acceptors (Lipinski definition) is 6. The van der Waals surface area contributed by atoms with Crippen molar-refractivity contribution in [1.82, 2.24) is 40.0 Å². The summed E-state index contributed by atoms with van der Waals surface area (Å²) in [7, 11) is 3.35. The quantitative estimate of drug-likeness (QED) is 0.184. The molecule has 2 aliphatic rings. The van der Waals surface area contributed by atoms with Crippen molar-refractivity contribution in [2.24, 2.45) is 10.8 Å². The second kappa shape index (κ2) is 15.2. The molecule has 2 saturated heterocycles. The van der Waals surface area contributed by atoms with Crippen molar-refractivity contribution in [3.8, 4) is 11.5 Å². The molecule has 0 radical (unpaired) electrons. The van der Waals surface area contributed by atoms with E-state index in [0.29, 0.717) is 52.4 Å². The average Bonchev–Trinajstić information content (AvgIpc) is 3.70. The number of hydrogen-bond donors (Lipinski definition) is 2. The molecular weight excluding hydrogens is 874 g/mol. The van der Waals surface area contributed by atoms with Crippen LogP contribution in [0.3, 0.4) is 0 Å². The number of urea groups is 2. The number of nitrogens with one attached hydrogen (secondary N) is 2. The van der Waals surface area contributed by atoms with Gasteiger partial charge < -0.3 is 29.9 Å². The molecule has 2 bridgehead atoms. The number of nitrogens with zero attached hydrogens (tertiary/aromatic N) is 6. The molecule has 272 valence electrons. The van der Waals surface area contributed by atoms with E-state index in [-0.39, 0.29) is 22.9 Å². The lowest BCUT2D eigenvalue weighted by Crippen LogP contribution is -2.65. The fourth-order valence-corrected chi connectivity index (χ4v) is 8.95. The van der Waals surface area contributed by atoms with E-state index in [4.69, 9.17) is 9.47 Å². The van der Waals surface area contributed by atoms with Crippen molar-refractivity contribution in [3.05, 3.63) is 89.6 Å². The van der Waals surface area contributed by atoms with E-state index in [9.17, 15) is 9.59 Å². The molecule has 0 spiro atoms. The summed E-state index contributed by atoms with van der Waals surface area (Å²) >= 11 is 4.50. The molecule has 2 N–H and O–H groups in total. The van der Waals surface area contributed by atoms with Gasteiger partial charge in [0.25, 0.3) is 0 Å². The topological polar surface area (TPSA) is 119 Å². The van der Waals surface area contributed by atoms with Crippen molar-refractivity contribution < 1.29 is 19.1 Å². The van der Waals surface area contributed by atoms with E-state index < -0.39 is 0 Å². The number of fused-ring (bicyclic) bond motifs is 2. The predicted octanol–water partition coefficient (Wildman–Crippen LogP) is 6.17. The van der Waals surface area contributed by atoms with E-state index in [0.717, 1.165) is 58.4 Å². The Balaban J connectivity index is 1.07. The van der Waals surface area contributed by atoms with Crippen molar-refractivity contribution in [1.29, 1.82) is 0 Å². The summed E-state index contributed by atoms with van der Waals surface area (Å²) in [5.74, 6) is 1.60. The number of rotatable bonds is 10. The van der Waals surface area contributed by atoms with E-state index >= 15 is 0 Å². The van der Waals surface area contributed by atoms with Gasteiger partial charge in [-0.3, -0.25) is 9.36 Å². The van der Waals surface area contributed by atoms with Gasteiger partial charge in [0.15, 0.2) is 0 Å². The summed E-state index contributed by atoms with van der Waals surface area (Å²) in [5.41, 5.74) is 5.85. The van der Waals surface area contributed by atoms with Crippen molar-refractivity contribution >= 4 is 57.2 Å². The van der Waals surface area contributed by atoms with Gasteiger partial charge in [0.2, 0.25) is 0 Å². The summed E-state index contributed by atoms with van der Waals surface area (Å²) < 4.78 is 17.3. The van der Waals surface area contributed by atoms with Gasteiger partial charge in [0.1, 0.15) is 11.5 Å². The fourth-order valence-electron chi connectivity index (χ4n) is 8.05. The van der Waals surface area contributed by atoms with Crippen LogP contribution in [0.1, 0.15) is 53.6 Å².